The standard InChI is InChI=1S/C9H11ClN4O/c1-14-8(10)5-12-9(14)6-11-4-7-2-3-15-13-7/h2-3,5,11H,4,6H2,1H3. The van der Waals surface area contributed by atoms with Gasteiger partial charge in [0, 0.05) is 19.7 Å². The van der Waals surface area contributed by atoms with Crippen molar-refractivity contribution in [3.05, 3.63) is 35.2 Å². The second-order valence-corrected chi connectivity index (χ2v) is 3.54. The SMILES string of the molecule is Cn1c(Cl)cnc1CNCc1ccon1. The number of nitrogens with zero attached hydrogens (tertiary/aromatic N) is 3. The number of hydrogen-bond acceptors (Lipinski definition) is 4. The lowest BCUT2D eigenvalue weighted by Crippen LogP contribution is -2.15. The Morgan fingerprint density at radius 3 is 3.00 bits per heavy atom. The lowest BCUT2D eigenvalue weighted by Gasteiger charge is -2.03. The van der Waals surface area contributed by atoms with E-state index in [-0.39, 0.29) is 0 Å². The van der Waals surface area contributed by atoms with Crippen molar-refractivity contribution >= 4 is 11.6 Å². The van der Waals surface area contributed by atoms with Crippen LogP contribution in [0.25, 0.3) is 0 Å². The molecule has 0 fully saturated rings. The van der Waals surface area contributed by atoms with Gasteiger partial charge < -0.3 is 14.4 Å². The van der Waals surface area contributed by atoms with Crippen LogP contribution in [0.1, 0.15) is 11.5 Å². The average molecular weight is 227 g/mol. The highest BCUT2D eigenvalue weighted by atomic mass is 35.5. The Morgan fingerprint density at radius 2 is 2.40 bits per heavy atom. The van der Waals surface area contributed by atoms with E-state index in [0.717, 1.165) is 11.5 Å². The van der Waals surface area contributed by atoms with Gasteiger partial charge in [0.2, 0.25) is 0 Å². The van der Waals surface area contributed by atoms with E-state index in [2.05, 4.69) is 15.5 Å². The van der Waals surface area contributed by atoms with Gasteiger partial charge in [-0.3, -0.25) is 0 Å². The molecule has 0 aliphatic heterocycles. The zero-order valence-corrected chi connectivity index (χ0v) is 9.03. The van der Waals surface area contributed by atoms with E-state index in [9.17, 15) is 0 Å². The van der Waals surface area contributed by atoms with Gasteiger partial charge in [-0.25, -0.2) is 4.98 Å². The van der Waals surface area contributed by atoms with Crippen molar-refractivity contribution < 1.29 is 4.52 Å². The average Bonchev–Trinajstić information content (AvgIpc) is 2.83. The first kappa shape index (κ1) is 10.2. The van der Waals surface area contributed by atoms with Crippen molar-refractivity contribution in [2.45, 2.75) is 13.1 Å². The minimum atomic E-state index is 0.633. The molecule has 0 spiro atoms. The Hall–Kier alpha value is -1.33. The summed E-state index contributed by atoms with van der Waals surface area (Å²) in [7, 11) is 1.88. The molecule has 80 valence electrons. The Bertz CT molecular complexity index is 423. The fourth-order valence-electron chi connectivity index (χ4n) is 1.22. The molecule has 0 bridgehead atoms. The van der Waals surface area contributed by atoms with Gasteiger partial charge in [-0.2, -0.15) is 0 Å². The highest BCUT2D eigenvalue weighted by molar-refractivity contribution is 6.29. The molecule has 0 aliphatic carbocycles. The van der Waals surface area contributed by atoms with Crippen molar-refractivity contribution in [2.75, 3.05) is 0 Å². The fraction of sp³-hybridized carbons (Fsp3) is 0.333. The summed E-state index contributed by atoms with van der Waals surface area (Å²) in [6.45, 7) is 1.30. The van der Waals surface area contributed by atoms with Gasteiger partial charge in [0.1, 0.15) is 17.2 Å². The Morgan fingerprint density at radius 1 is 1.53 bits per heavy atom. The van der Waals surface area contributed by atoms with Gasteiger partial charge in [-0.05, 0) is 0 Å². The molecule has 0 unspecified atom stereocenters. The second-order valence-electron chi connectivity index (χ2n) is 3.15. The molecule has 0 atom stereocenters. The van der Waals surface area contributed by atoms with Crippen LogP contribution in [-0.2, 0) is 20.1 Å². The molecule has 0 saturated heterocycles. The fourth-order valence-corrected chi connectivity index (χ4v) is 1.37. The smallest absolute Gasteiger partial charge is 0.128 e. The largest absolute Gasteiger partial charge is 0.364 e. The Labute approximate surface area is 92.0 Å². The predicted molar refractivity (Wildman–Crippen MR) is 55.3 cm³/mol. The summed E-state index contributed by atoms with van der Waals surface area (Å²) in [4.78, 5) is 4.16. The number of halogens is 1. The molecule has 2 aromatic heterocycles. The molecule has 0 aliphatic rings. The molecular weight excluding hydrogens is 216 g/mol. The van der Waals surface area contributed by atoms with Crippen LogP contribution in [0.4, 0.5) is 0 Å². The van der Waals surface area contributed by atoms with E-state index in [1.54, 1.807) is 12.5 Å². The van der Waals surface area contributed by atoms with E-state index in [1.807, 2.05) is 17.7 Å². The number of imidazole rings is 1. The molecule has 0 aromatic carbocycles. The van der Waals surface area contributed by atoms with Crippen LogP contribution in [0, 0.1) is 0 Å². The van der Waals surface area contributed by atoms with Gasteiger partial charge in [0.25, 0.3) is 0 Å². The molecule has 2 heterocycles. The normalized spacial score (nSPS) is 10.8. The summed E-state index contributed by atoms with van der Waals surface area (Å²) in [5, 5.41) is 7.61. The summed E-state index contributed by atoms with van der Waals surface area (Å²) < 4.78 is 6.54. The molecule has 2 aromatic rings. The topological polar surface area (TPSA) is 55.9 Å². The number of rotatable bonds is 4. The summed E-state index contributed by atoms with van der Waals surface area (Å²) in [6, 6.07) is 1.82. The summed E-state index contributed by atoms with van der Waals surface area (Å²) in [5.74, 6) is 0.892. The van der Waals surface area contributed by atoms with E-state index in [0.29, 0.717) is 18.2 Å². The molecule has 0 amide bonds. The number of aromatic nitrogens is 3. The van der Waals surface area contributed by atoms with Crippen LogP contribution in [0.2, 0.25) is 5.15 Å². The maximum atomic E-state index is 5.85. The Balaban J connectivity index is 1.86. The highest BCUT2D eigenvalue weighted by Crippen LogP contribution is 2.08. The molecule has 0 saturated carbocycles. The molecule has 0 radical (unpaired) electrons. The number of nitrogens with one attached hydrogen (secondary N) is 1. The predicted octanol–water partition coefficient (Wildman–Crippen LogP) is 1.35. The van der Waals surface area contributed by atoms with Gasteiger partial charge >= 0.3 is 0 Å². The maximum Gasteiger partial charge on any atom is 0.128 e. The highest BCUT2D eigenvalue weighted by Gasteiger charge is 2.03. The van der Waals surface area contributed by atoms with Gasteiger partial charge in [0.15, 0.2) is 0 Å². The van der Waals surface area contributed by atoms with Gasteiger partial charge in [-0.1, -0.05) is 16.8 Å². The lowest BCUT2D eigenvalue weighted by molar-refractivity contribution is 0.408. The lowest BCUT2D eigenvalue weighted by atomic mass is 10.4. The molecule has 5 nitrogen and oxygen atoms in total. The molecule has 1 N–H and O–H groups in total. The molecule has 15 heavy (non-hydrogen) atoms. The third kappa shape index (κ3) is 2.37. The van der Waals surface area contributed by atoms with E-state index in [1.165, 1.54) is 0 Å². The summed E-state index contributed by atoms with van der Waals surface area (Å²) in [6.07, 6.45) is 3.18. The number of hydrogen-bond donors (Lipinski definition) is 1. The minimum Gasteiger partial charge on any atom is -0.364 e. The third-order valence-corrected chi connectivity index (χ3v) is 2.46. The van der Waals surface area contributed by atoms with Crippen LogP contribution in [-0.4, -0.2) is 14.7 Å². The van der Waals surface area contributed by atoms with Crippen molar-refractivity contribution in [3.8, 4) is 0 Å². The third-order valence-electron chi connectivity index (χ3n) is 2.11. The quantitative estimate of drug-likeness (QED) is 0.855. The summed E-state index contributed by atoms with van der Waals surface area (Å²) >= 11 is 5.85. The zero-order valence-electron chi connectivity index (χ0n) is 8.27. The van der Waals surface area contributed by atoms with Crippen molar-refractivity contribution in [1.29, 1.82) is 0 Å². The maximum absolute atomic E-state index is 5.85. The van der Waals surface area contributed by atoms with Gasteiger partial charge in [-0.15, -0.1) is 0 Å². The van der Waals surface area contributed by atoms with Crippen molar-refractivity contribution in [2.24, 2.45) is 7.05 Å². The van der Waals surface area contributed by atoms with Crippen LogP contribution in [0.5, 0.6) is 0 Å². The van der Waals surface area contributed by atoms with Gasteiger partial charge in [0.05, 0.1) is 18.4 Å². The minimum absolute atomic E-state index is 0.633. The first-order valence-corrected chi connectivity index (χ1v) is 4.91. The van der Waals surface area contributed by atoms with Crippen molar-refractivity contribution in [1.82, 2.24) is 20.0 Å². The van der Waals surface area contributed by atoms with E-state index >= 15 is 0 Å². The van der Waals surface area contributed by atoms with Crippen LogP contribution >= 0.6 is 11.6 Å². The zero-order chi connectivity index (χ0) is 10.7. The second kappa shape index (κ2) is 4.46. The van der Waals surface area contributed by atoms with Crippen LogP contribution in [0.3, 0.4) is 0 Å². The van der Waals surface area contributed by atoms with Crippen LogP contribution < -0.4 is 5.32 Å². The van der Waals surface area contributed by atoms with E-state index in [4.69, 9.17) is 16.1 Å². The summed E-state index contributed by atoms with van der Waals surface area (Å²) in [5.41, 5.74) is 0.871. The first-order chi connectivity index (χ1) is 7.27. The molecule has 6 heteroatoms. The Kier molecular flexibility index (Phi) is 3.03. The monoisotopic (exact) mass is 226 g/mol. The first-order valence-electron chi connectivity index (χ1n) is 4.53. The van der Waals surface area contributed by atoms with Crippen LogP contribution in [0.15, 0.2) is 23.0 Å². The molecule has 2 rings (SSSR count). The van der Waals surface area contributed by atoms with Crippen molar-refractivity contribution in [3.63, 3.8) is 0 Å². The van der Waals surface area contributed by atoms with E-state index < -0.39 is 0 Å². The molecular formula is C9H11ClN4O.